The van der Waals surface area contributed by atoms with Crippen LogP contribution in [-0.4, -0.2) is 42.6 Å². The van der Waals surface area contributed by atoms with E-state index in [-0.39, 0.29) is 24.0 Å². The quantitative estimate of drug-likeness (QED) is 0.555. The molecular formula is C26H36N2O5. The summed E-state index contributed by atoms with van der Waals surface area (Å²) in [5, 5.41) is 5.97. The summed E-state index contributed by atoms with van der Waals surface area (Å²) in [6.45, 7) is 5.61. The van der Waals surface area contributed by atoms with Gasteiger partial charge in [0, 0.05) is 5.54 Å². The van der Waals surface area contributed by atoms with Crippen LogP contribution in [0.2, 0.25) is 0 Å². The summed E-state index contributed by atoms with van der Waals surface area (Å²) in [5.74, 6) is 1.16. The monoisotopic (exact) mass is 456 g/mol. The molecule has 0 unspecified atom stereocenters. The maximum atomic E-state index is 12.8. The summed E-state index contributed by atoms with van der Waals surface area (Å²) >= 11 is 0. The molecule has 2 amide bonds. The first-order valence-electron chi connectivity index (χ1n) is 12.3. The number of esters is 1. The van der Waals surface area contributed by atoms with E-state index in [1.54, 1.807) is 24.3 Å². The van der Waals surface area contributed by atoms with Gasteiger partial charge >= 0.3 is 5.97 Å². The molecule has 0 saturated heterocycles. The molecule has 0 aliphatic heterocycles. The molecule has 180 valence electrons. The maximum Gasteiger partial charge on any atom is 0.329 e. The minimum absolute atomic E-state index is 0.118. The Hall–Kier alpha value is -2.57. The van der Waals surface area contributed by atoms with Gasteiger partial charge in [0.15, 0.2) is 6.61 Å². The van der Waals surface area contributed by atoms with Gasteiger partial charge in [-0.2, -0.15) is 0 Å². The third kappa shape index (κ3) is 5.33. The molecule has 7 nitrogen and oxygen atoms in total. The number of rotatable bonds is 9. The van der Waals surface area contributed by atoms with Crippen LogP contribution in [0.4, 0.5) is 0 Å². The van der Waals surface area contributed by atoms with E-state index < -0.39 is 17.9 Å². The molecule has 5 rings (SSSR count). The van der Waals surface area contributed by atoms with Crippen molar-refractivity contribution in [1.29, 1.82) is 0 Å². The number of carbonyl (C=O) groups is 3. The Morgan fingerprint density at radius 2 is 1.64 bits per heavy atom. The van der Waals surface area contributed by atoms with Gasteiger partial charge in [-0.3, -0.25) is 9.59 Å². The lowest BCUT2D eigenvalue weighted by atomic mass is 9.53. The zero-order chi connectivity index (χ0) is 23.6. The summed E-state index contributed by atoms with van der Waals surface area (Å²) in [5.41, 5.74) is 0.241. The highest BCUT2D eigenvalue weighted by Gasteiger charge is 2.51. The molecule has 0 aromatic heterocycles. The van der Waals surface area contributed by atoms with Crippen LogP contribution in [0.1, 0.15) is 69.7 Å². The highest BCUT2D eigenvalue weighted by atomic mass is 16.5. The van der Waals surface area contributed by atoms with Crippen molar-refractivity contribution >= 4 is 17.8 Å². The van der Waals surface area contributed by atoms with Crippen molar-refractivity contribution in [3.8, 4) is 5.75 Å². The average Bonchev–Trinajstić information content (AvgIpc) is 2.75. The van der Waals surface area contributed by atoms with E-state index in [1.165, 1.54) is 19.3 Å². The molecule has 4 aliphatic carbocycles. The molecule has 1 aromatic rings. The van der Waals surface area contributed by atoms with Gasteiger partial charge in [0.25, 0.3) is 11.8 Å². The van der Waals surface area contributed by atoms with E-state index in [0.29, 0.717) is 17.9 Å². The summed E-state index contributed by atoms with van der Waals surface area (Å²) in [4.78, 5) is 38.3. The van der Waals surface area contributed by atoms with E-state index in [2.05, 4.69) is 10.6 Å². The second kappa shape index (κ2) is 9.74. The van der Waals surface area contributed by atoms with E-state index in [4.69, 9.17) is 9.47 Å². The average molecular weight is 457 g/mol. The van der Waals surface area contributed by atoms with Crippen molar-refractivity contribution in [1.82, 2.24) is 10.6 Å². The molecule has 0 radical (unpaired) electrons. The zero-order valence-electron chi connectivity index (χ0n) is 19.9. The third-order valence-corrected chi connectivity index (χ3v) is 7.43. The summed E-state index contributed by atoms with van der Waals surface area (Å²) in [7, 11) is 0. The molecule has 4 fully saturated rings. The lowest BCUT2D eigenvalue weighted by Crippen LogP contribution is -2.60. The Morgan fingerprint density at radius 3 is 2.21 bits per heavy atom. The number of hydrogen-bond acceptors (Lipinski definition) is 5. The highest BCUT2D eigenvalue weighted by molar-refractivity contribution is 5.99. The lowest BCUT2D eigenvalue weighted by molar-refractivity contribution is -0.152. The first-order valence-corrected chi connectivity index (χ1v) is 12.3. The molecule has 0 heterocycles. The van der Waals surface area contributed by atoms with Gasteiger partial charge in [-0.1, -0.05) is 26.0 Å². The number of ether oxygens (including phenoxy) is 2. The Labute approximate surface area is 196 Å². The van der Waals surface area contributed by atoms with Crippen LogP contribution in [-0.2, 0) is 14.3 Å². The standard InChI is InChI=1S/C26H36N2O5/c1-4-32-21-8-6-5-7-20(21)24(30)27-23(16(2)3)25(31)33-15-22(29)28-26-12-17-9-18(13-26)11-19(10-17)14-26/h5-8,16-19,23H,4,9-15H2,1-3H3,(H,27,30)(H,28,29)/t17?,18?,19?,23-,26?/m1/s1. The summed E-state index contributed by atoms with van der Waals surface area (Å²) < 4.78 is 10.9. The van der Waals surface area contributed by atoms with Crippen LogP contribution >= 0.6 is 0 Å². The van der Waals surface area contributed by atoms with Crippen LogP contribution in [0.15, 0.2) is 24.3 Å². The fourth-order valence-electron chi connectivity index (χ4n) is 6.47. The van der Waals surface area contributed by atoms with Gasteiger partial charge in [-0.15, -0.1) is 0 Å². The maximum absolute atomic E-state index is 12.8. The molecule has 4 bridgehead atoms. The second-order valence-electron chi connectivity index (χ2n) is 10.5. The van der Waals surface area contributed by atoms with Crippen LogP contribution in [0.3, 0.4) is 0 Å². The van der Waals surface area contributed by atoms with E-state index in [1.807, 2.05) is 20.8 Å². The predicted molar refractivity (Wildman–Crippen MR) is 124 cm³/mol. The third-order valence-electron chi connectivity index (χ3n) is 7.43. The number of hydrogen-bond donors (Lipinski definition) is 2. The molecule has 1 atom stereocenters. The largest absolute Gasteiger partial charge is 0.493 e. The Bertz CT molecular complexity index is 861. The van der Waals surface area contributed by atoms with E-state index >= 15 is 0 Å². The lowest BCUT2D eigenvalue weighted by Gasteiger charge is -2.56. The number of amides is 2. The smallest absolute Gasteiger partial charge is 0.329 e. The number of carbonyl (C=O) groups excluding carboxylic acids is 3. The minimum atomic E-state index is -0.862. The van der Waals surface area contributed by atoms with Gasteiger partial charge < -0.3 is 20.1 Å². The van der Waals surface area contributed by atoms with Crippen LogP contribution < -0.4 is 15.4 Å². The Balaban J connectivity index is 1.32. The van der Waals surface area contributed by atoms with Crippen molar-refractivity contribution in [3.63, 3.8) is 0 Å². The summed E-state index contributed by atoms with van der Waals surface area (Å²) in [6.07, 6.45) is 7.03. The first-order chi connectivity index (χ1) is 15.8. The Kier molecular flexibility index (Phi) is 6.96. The number of para-hydroxylation sites is 1. The molecule has 33 heavy (non-hydrogen) atoms. The topological polar surface area (TPSA) is 93.7 Å². The van der Waals surface area contributed by atoms with E-state index in [0.717, 1.165) is 37.0 Å². The fraction of sp³-hybridized carbons (Fsp3) is 0.654. The second-order valence-corrected chi connectivity index (χ2v) is 10.5. The van der Waals surface area contributed by atoms with Gasteiger partial charge in [0.05, 0.1) is 12.2 Å². The van der Waals surface area contributed by atoms with Crippen molar-refractivity contribution in [3.05, 3.63) is 29.8 Å². The number of benzene rings is 1. The molecular weight excluding hydrogens is 420 g/mol. The normalized spacial score (nSPS) is 28.3. The molecule has 4 aliphatic rings. The molecule has 2 N–H and O–H groups in total. The van der Waals surface area contributed by atoms with E-state index in [9.17, 15) is 14.4 Å². The Morgan fingerprint density at radius 1 is 1.03 bits per heavy atom. The van der Waals surface area contributed by atoms with Crippen molar-refractivity contribution in [2.24, 2.45) is 23.7 Å². The zero-order valence-corrected chi connectivity index (χ0v) is 19.9. The highest BCUT2D eigenvalue weighted by Crippen LogP contribution is 2.55. The number of nitrogens with one attached hydrogen (secondary N) is 2. The van der Waals surface area contributed by atoms with Gasteiger partial charge in [0.1, 0.15) is 11.8 Å². The molecule has 0 spiro atoms. The molecule has 7 heteroatoms. The van der Waals surface area contributed by atoms with Gasteiger partial charge in [-0.25, -0.2) is 4.79 Å². The van der Waals surface area contributed by atoms with Crippen LogP contribution in [0.5, 0.6) is 5.75 Å². The first kappa shape index (κ1) is 23.6. The SMILES string of the molecule is CCOc1ccccc1C(=O)N[C@@H](C(=O)OCC(=O)NC12CC3CC(CC(C3)C1)C2)C(C)C. The van der Waals surface area contributed by atoms with Crippen LogP contribution in [0.25, 0.3) is 0 Å². The van der Waals surface area contributed by atoms with Crippen LogP contribution in [0, 0.1) is 23.7 Å². The van der Waals surface area contributed by atoms with Crippen molar-refractivity contribution < 1.29 is 23.9 Å². The fourth-order valence-corrected chi connectivity index (χ4v) is 6.47. The van der Waals surface area contributed by atoms with Crippen molar-refractivity contribution in [2.45, 2.75) is 70.9 Å². The summed E-state index contributed by atoms with van der Waals surface area (Å²) in [6, 6.07) is 6.05. The molecule has 4 saturated carbocycles. The van der Waals surface area contributed by atoms with Gasteiger partial charge in [0.2, 0.25) is 0 Å². The van der Waals surface area contributed by atoms with Crippen molar-refractivity contribution in [2.75, 3.05) is 13.2 Å². The predicted octanol–water partition coefficient (Wildman–Crippen LogP) is 3.47. The van der Waals surface area contributed by atoms with Gasteiger partial charge in [-0.05, 0) is 81.3 Å². The minimum Gasteiger partial charge on any atom is -0.493 e. The molecule has 1 aromatic carbocycles.